The molecule has 14 heteroatoms. The molecule has 0 unspecified atom stereocenters. The second-order valence-electron chi connectivity index (χ2n) is 12.2. The number of nitrogens with one attached hydrogen (secondary N) is 3. The Morgan fingerprint density at radius 1 is 1.21 bits per heavy atom. The summed E-state index contributed by atoms with van der Waals surface area (Å²) in [4.78, 5) is 52.1. The van der Waals surface area contributed by atoms with Crippen molar-refractivity contribution < 1.29 is 41.1 Å². The summed E-state index contributed by atoms with van der Waals surface area (Å²) >= 11 is 0. The van der Waals surface area contributed by atoms with Crippen molar-refractivity contribution in [2.24, 2.45) is 35.0 Å². The molecule has 2 saturated carbocycles. The van der Waals surface area contributed by atoms with Gasteiger partial charge in [-0.05, 0) is 36.5 Å². The normalized spacial score (nSPS) is 32.7. The number of amides is 4. The van der Waals surface area contributed by atoms with Crippen LogP contribution in [0.2, 0.25) is 0 Å². The van der Waals surface area contributed by atoms with Crippen molar-refractivity contribution in [1.82, 2.24) is 20.9 Å². The molecule has 39 heavy (non-hydrogen) atoms. The first-order valence-corrected chi connectivity index (χ1v) is 13.0. The number of carbonyl (C=O) groups excluding carboxylic acids is 4. The van der Waals surface area contributed by atoms with Gasteiger partial charge in [0.15, 0.2) is 0 Å². The van der Waals surface area contributed by atoms with Crippen LogP contribution in [0.25, 0.3) is 0 Å². The Bertz CT molecular complexity index is 1080. The molecule has 0 aromatic rings. The van der Waals surface area contributed by atoms with Crippen LogP contribution < -0.4 is 16.0 Å². The van der Waals surface area contributed by atoms with E-state index in [1.165, 1.54) is 20.8 Å². The van der Waals surface area contributed by atoms with E-state index >= 15 is 0 Å². The van der Waals surface area contributed by atoms with Crippen molar-refractivity contribution in [2.45, 2.75) is 76.7 Å². The monoisotopic (exact) mass is 561 g/mol. The Labute approximate surface area is 222 Å². The average molecular weight is 562 g/mol. The van der Waals surface area contributed by atoms with Gasteiger partial charge in [0.2, 0.25) is 17.7 Å². The summed E-state index contributed by atoms with van der Waals surface area (Å²) in [6, 6.07) is -2.42. The Morgan fingerprint density at radius 3 is 2.41 bits per heavy atom. The fraction of sp³-hybridized carbons (Fsp3) is 0.800. The number of nitriles is 1. The van der Waals surface area contributed by atoms with Gasteiger partial charge in [0.05, 0.1) is 6.07 Å². The zero-order valence-corrected chi connectivity index (χ0v) is 21.8. The van der Waals surface area contributed by atoms with Crippen LogP contribution in [0.1, 0.15) is 46.5 Å². The first-order chi connectivity index (χ1) is 18.0. The lowest BCUT2D eigenvalue weighted by Gasteiger charge is -2.37. The third-order valence-electron chi connectivity index (χ3n) is 8.66. The molecule has 0 aromatic carbocycles. The van der Waals surface area contributed by atoms with E-state index in [1.54, 1.807) is 5.32 Å². The highest BCUT2D eigenvalue weighted by Gasteiger charge is 2.68. The predicted molar refractivity (Wildman–Crippen MR) is 124 cm³/mol. The second-order valence-corrected chi connectivity index (χ2v) is 12.2. The van der Waals surface area contributed by atoms with Crippen LogP contribution in [-0.2, 0) is 19.2 Å². The molecular weight excluding hydrogens is 529 g/mol. The van der Waals surface area contributed by atoms with E-state index < -0.39 is 89.4 Å². The van der Waals surface area contributed by atoms with Gasteiger partial charge in [0, 0.05) is 37.3 Å². The summed E-state index contributed by atoms with van der Waals surface area (Å²) in [5.41, 5.74) is -1.22. The summed E-state index contributed by atoms with van der Waals surface area (Å²) in [7, 11) is 0. The lowest BCUT2D eigenvalue weighted by atomic mass is 9.76. The first kappa shape index (κ1) is 29.0. The van der Waals surface area contributed by atoms with Gasteiger partial charge in [-0.2, -0.15) is 18.4 Å². The molecule has 2 heterocycles. The molecule has 2 aliphatic carbocycles. The average Bonchev–Trinajstić information content (AvgIpc) is 3.55. The minimum atomic E-state index is -5.27. The maximum Gasteiger partial charge on any atom is 0.471 e. The number of fused-ring (bicyclic) bond motifs is 5. The fourth-order valence-corrected chi connectivity index (χ4v) is 6.86. The van der Waals surface area contributed by atoms with E-state index in [0.717, 1.165) is 4.90 Å². The number of likely N-dealkylation sites (tertiary alicyclic amines) is 1. The van der Waals surface area contributed by atoms with E-state index in [-0.39, 0.29) is 25.3 Å². The first-order valence-electron chi connectivity index (χ1n) is 13.0. The molecule has 0 aromatic heterocycles. The largest absolute Gasteiger partial charge is 0.471 e. The van der Waals surface area contributed by atoms with Gasteiger partial charge in [-0.1, -0.05) is 20.8 Å². The van der Waals surface area contributed by atoms with Gasteiger partial charge >= 0.3 is 12.1 Å². The molecular formula is C25H32F5N5O4. The summed E-state index contributed by atoms with van der Waals surface area (Å²) in [5.74, 6) is -11.2. The summed E-state index contributed by atoms with van der Waals surface area (Å²) in [6.45, 7) is 4.60. The molecule has 216 valence electrons. The fourth-order valence-electron chi connectivity index (χ4n) is 6.86. The van der Waals surface area contributed by atoms with Crippen LogP contribution in [0.4, 0.5) is 22.0 Å². The van der Waals surface area contributed by atoms with Gasteiger partial charge in [-0.15, -0.1) is 0 Å². The van der Waals surface area contributed by atoms with Crippen LogP contribution in [0.5, 0.6) is 0 Å². The minimum Gasteiger partial charge on any atom is -0.356 e. The van der Waals surface area contributed by atoms with Crippen LogP contribution in [0.15, 0.2) is 0 Å². The maximum absolute atomic E-state index is 14.8. The van der Waals surface area contributed by atoms with Gasteiger partial charge < -0.3 is 20.9 Å². The molecule has 0 radical (unpaired) electrons. The van der Waals surface area contributed by atoms with E-state index in [0.29, 0.717) is 13.0 Å². The summed E-state index contributed by atoms with van der Waals surface area (Å²) in [6.07, 6.45) is -5.08. The standard InChI is InChI=1S/C25H32F5N5O4/c1-23(2,3)18(34-22(39)25(28,29)30)21(38)35-10-14-12-7-15(24(26,27)8-12)16(14)17(35)20(37)33-13(9-31)6-11-4-5-32-19(11)36/h11-18H,4-8,10H2,1-3H3,(H,32,36)(H,33,37)(H,34,39)/t11-,12-,13-,14+,15-,16+,17-,18+/m0/s1. The van der Waals surface area contributed by atoms with Gasteiger partial charge in [0.25, 0.3) is 5.92 Å². The molecule has 4 aliphatic rings. The van der Waals surface area contributed by atoms with Crippen LogP contribution in [-0.4, -0.2) is 71.8 Å². The Balaban J connectivity index is 1.63. The Morgan fingerprint density at radius 2 is 1.87 bits per heavy atom. The molecule has 0 spiro atoms. The van der Waals surface area contributed by atoms with Crippen molar-refractivity contribution in [2.75, 3.05) is 13.1 Å². The number of alkyl halides is 5. The molecule has 2 saturated heterocycles. The molecule has 9 nitrogen and oxygen atoms in total. The summed E-state index contributed by atoms with van der Waals surface area (Å²) in [5, 5.41) is 16.5. The number of nitrogens with zero attached hydrogens (tertiary/aromatic N) is 2. The Hall–Kier alpha value is -2.98. The molecule has 8 atom stereocenters. The van der Waals surface area contributed by atoms with Crippen molar-refractivity contribution in [1.29, 1.82) is 5.26 Å². The highest BCUT2D eigenvalue weighted by molar-refractivity contribution is 5.94. The number of hydrogen-bond donors (Lipinski definition) is 3. The maximum atomic E-state index is 14.8. The highest BCUT2D eigenvalue weighted by Crippen LogP contribution is 2.63. The van der Waals surface area contributed by atoms with E-state index in [9.17, 15) is 46.4 Å². The second kappa shape index (κ2) is 9.89. The molecule has 2 aliphatic heterocycles. The number of rotatable bonds is 6. The third kappa shape index (κ3) is 5.41. The third-order valence-corrected chi connectivity index (χ3v) is 8.66. The van der Waals surface area contributed by atoms with Crippen LogP contribution in [0, 0.1) is 46.3 Å². The van der Waals surface area contributed by atoms with Crippen molar-refractivity contribution in [3.63, 3.8) is 0 Å². The van der Waals surface area contributed by atoms with Gasteiger partial charge in [0.1, 0.15) is 18.1 Å². The molecule has 4 fully saturated rings. The lowest BCUT2D eigenvalue weighted by Crippen LogP contribution is -2.61. The SMILES string of the molecule is CC(C)(C)[C@H](NC(=O)C(F)(F)F)C(=O)N1C[C@@H]2[C@H]3C[C@@H]([C@@H]2[C@H]1C(=O)N[C@H](C#N)C[C@@H]1CCNC1=O)C(F)(F)C3. The topological polar surface area (TPSA) is 131 Å². The quantitative estimate of drug-likeness (QED) is 0.425. The predicted octanol–water partition coefficient (Wildman–Crippen LogP) is 1.73. The zero-order valence-electron chi connectivity index (χ0n) is 21.8. The van der Waals surface area contributed by atoms with Crippen molar-refractivity contribution in [3.05, 3.63) is 0 Å². The number of halogens is 5. The molecule has 4 rings (SSSR count). The smallest absolute Gasteiger partial charge is 0.356 e. The van der Waals surface area contributed by atoms with Gasteiger partial charge in [-0.25, -0.2) is 8.78 Å². The Kier molecular flexibility index (Phi) is 7.36. The lowest BCUT2D eigenvalue weighted by molar-refractivity contribution is -0.176. The van der Waals surface area contributed by atoms with Crippen molar-refractivity contribution >= 4 is 23.6 Å². The summed E-state index contributed by atoms with van der Waals surface area (Å²) < 4.78 is 68.8. The molecule has 4 amide bonds. The van der Waals surface area contributed by atoms with E-state index in [4.69, 9.17) is 0 Å². The van der Waals surface area contributed by atoms with E-state index in [2.05, 4.69) is 10.6 Å². The van der Waals surface area contributed by atoms with Gasteiger partial charge in [-0.3, -0.25) is 19.2 Å². The minimum absolute atomic E-state index is 0.0166. The van der Waals surface area contributed by atoms with E-state index in [1.807, 2.05) is 6.07 Å². The highest BCUT2D eigenvalue weighted by atomic mass is 19.4. The molecule has 2 bridgehead atoms. The van der Waals surface area contributed by atoms with Crippen LogP contribution >= 0.6 is 0 Å². The number of hydrogen-bond acceptors (Lipinski definition) is 5. The number of carbonyl (C=O) groups is 4. The van der Waals surface area contributed by atoms with Crippen LogP contribution in [0.3, 0.4) is 0 Å². The van der Waals surface area contributed by atoms with Crippen molar-refractivity contribution in [3.8, 4) is 6.07 Å². The molecule has 3 N–H and O–H groups in total. The zero-order chi connectivity index (χ0) is 29.1.